The van der Waals surface area contributed by atoms with Gasteiger partial charge >= 0.3 is 5.97 Å². The van der Waals surface area contributed by atoms with E-state index >= 15 is 0 Å². The summed E-state index contributed by atoms with van der Waals surface area (Å²) in [6.45, 7) is 2.90. The number of esters is 1. The second-order valence-corrected chi connectivity index (χ2v) is 11.1. The Balaban J connectivity index is 1.56. The van der Waals surface area contributed by atoms with Crippen molar-refractivity contribution in [1.82, 2.24) is 4.31 Å². The zero-order valence-corrected chi connectivity index (χ0v) is 19.8. The van der Waals surface area contributed by atoms with Crippen LogP contribution < -0.4 is 5.32 Å². The molecule has 1 aliphatic carbocycles. The van der Waals surface area contributed by atoms with E-state index in [2.05, 4.69) is 18.3 Å². The second-order valence-electron chi connectivity index (χ2n) is 7.95. The Labute approximate surface area is 191 Å². The Morgan fingerprint density at radius 2 is 2.00 bits per heavy atom. The first kappa shape index (κ1) is 23.9. The van der Waals surface area contributed by atoms with E-state index in [9.17, 15) is 23.3 Å². The van der Waals surface area contributed by atoms with E-state index in [0.717, 1.165) is 39.6 Å². The van der Waals surface area contributed by atoms with Gasteiger partial charge in [-0.15, -0.1) is 11.3 Å². The average molecular weight is 476 g/mol. The number of benzene rings is 1. The summed E-state index contributed by atoms with van der Waals surface area (Å²) in [6, 6.07) is 8.44. The SMILES string of the molecule is Cc1ccc(S(=O)(=O)N(C)CC(=O)OCC(=O)Nc2sc3c(c2C#N)CC[C@@H](C)C3)cc1. The molecular weight excluding hydrogens is 450 g/mol. The molecule has 0 saturated heterocycles. The van der Waals surface area contributed by atoms with Crippen molar-refractivity contribution in [3.63, 3.8) is 0 Å². The molecule has 170 valence electrons. The predicted octanol–water partition coefficient (Wildman–Crippen LogP) is 2.86. The first-order valence-corrected chi connectivity index (χ1v) is 12.4. The molecule has 8 nitrogen and oxygen atoms in total. The molecule has 3 rings (SSSR count). The van der Waals surface area contributed by atoms with Crippen LogP contribution in [0.1, 0.15) is 34.9 Å². The van der Waals surface area contributed by atoms with Crippen molar-refractivity contribution in [3.8, 4) is 6.07 Å². The van der Waals surface area contributed by atoms with Crippen LogP contribution >= 0.6 is 11.3 Å². The number of thiophene rings is 1. The summed E-state index contributed by atoms with van der Waals surface area (Å²) in [5.74, 6) is -0.894. The summed E-state index contributed by atoms with van der Waals surface area (Å²) in [7, 11) is -2.59. The monoisotopic (exact) mass is 475 g/mol. The molecule has 1 atom stereocenters. The van der Waals surface area contributed by atoms with Crippen molar-refractivity contribution in [2.45, 2.75) is 38.0 Å². The van der Waals surface area contributed by atoms with Crippen LogP contribution in [-0.2, 0) is 37.2 Å². The van der Waals surface area contributed by atoms with Gasteiger partial charge in [0.1, 0.15) is 17.6 Å². The number of rotatable bonds is 7. The van der Waals surface area contributed by atoms with Crippen LogP contribution in [0.15, 0.2) is 29.2 Å². The van der Waals surface area contributed by atoms with Gasteiger partial charge in [-0.25, -0.2) is 8.42 Å². The lowest BCUT2D eigenvalue weighted by atomic mass is 9.89. The molecule has 0 unspecified atom stereocenters. The molecule has 0 radical (unpaired) electrons. The van der Waals surface area contributed by atoms with Crippen molar-refractivity contribution in [2.75, 3.05) is 25.5 Å². The van der Waals surface area contributed by atoms with E-state index < -0.39 is 35.1 Å². The van der Waals surface area contributed by atoms with Crippen molar-refractivity contribution < 1.29 is 22.7 Å². The number of likely N-dealkylation sites (N-methyl/N-ethyl adjacent to an activating group) is 1. The highest BCUT2D eigenvalue weighted by Gasteiger charge is 2.26. The lowest BCUT2D eigenvalue weighted by molar-refractivity contribution is -0.147. The van der Waals surface area contributed by atoms with Gasteiger partial charge in [-0.3, -0.25) is 9.59 Å². The maximum atomic E-state index is 12.6. The number of sulfonamides is 1. The van der Waals surface area contributed by atoms with Crippen LogP contribution in [0.4, 0.5) is 5.00 Å². The number of hydrogen-bond donors (Lipinski definition) is 1. The van der Waals surface area contributed by atoms with E-state index in [1.54, 1.807) is 12.1 Å². The molecule has 1 aromatic heterocycles. The number of hydrogen-bond acceptors (Lipinski definition) is 7. The molecular formula is C22H25N3O5S2. The van der Waals surface area contributed by atoms with E-state index in [1.165, 1.54) is 30.5 Å². The fourth-order valence-electron chi connectivity index (χ4n) is 3.47. The van der Waals surface area contributed by atoms with Gasteiger partial charge < -0.3 is 10.1 Å². The highest BCUT2D eigenvalue weighted by Crippen LogP contribution is 2.39. The summed E-state index contributed by atoms with van der Waals surface area (Å²) in [5.41, 5.74) is 2.38. The molecule has 1 aromatic carbocycles. The summed E-state index contributed by atoms with van der Waals surface area (Å²) in [6.07, 6.45) is 2.69. The molecule has 32 heavy (non-hydrogen) atoms. The number of anilines is 1. The number of nitrogens with one attached hydrogen (secondary N) is 1. The molecule has 1 amide bonds. The average Bonchev–Trinajstić information content (AvgIpc) is 3.08. The minimum atomic E-state index is -3.86. The van der Waals surface area contributed by atoms with Gasteiger partial charge in [0.15, 0.2) is 6.61 Å². The van der Waals surface area contributed by atoms with Crippen LogP contribution in [0, 0.1) is 24.2 Å². The fourth-order valence-corrected chi connectivity index (χ4v) is 5.96. The van der Waals surface area contributed by atoms with Crippen molar-refractivity contribution >= 4 is 38.2 Å². The lowest BCUT2D eigenvalue weighted by Gasteiger charge is -2.17. The minimum absolute atomic E-state index is 0.0659. The Bertz CT molecular complexity index is 1160. The molecule has 0 aliphatic heterocycles. The van der Waals surface area contributed by atoms with E-state index in [-0.39, 0.29) is 4.90 Å². The van der Waals surface area contributed by atoms with E-state index in [4.69, 9.17) is 4.74 Å². The standard InChI is InChI=1S/C22H25N3O5S2/c1-14-4-7-16(8-5-14)32(28,29)25(3)12-21(27)30-13-20(26)24-22-18(11-23)17-9-6-15(2)10-19(17)31-22/h4-5,7-8,15H,6,9-10,12-13H2,1-3H3,(H,24,26)/t15-/m1/s1. The molecule has 10 heteroatoms. The summed E-state index contributed by atoms with van der Waals surface area (Å²) < 4.78 is 30.9. The van der Waals surface area contributed by atoms with Gasteiger partial charge in [0.25, 0.3) is 5.91 Å². The van der Waals surface area contributed by atoms with Gasteiger partial charge in [0.2, 0.25) is 10.0 Å². The summed E-state index contributed by atoms with van der Waals surface area (Å²) in [5, 5.41) is 12.6. The molecule has 0 spiro atoms. The number of nitrogens with zero attached hydrogens (tertiary/aromatic N) is 2. The Kier molecular flexibility index (Phi) is 7.33. The van der Waals surface area contributed by atoms with Gasteiger partial charge in [-0.1, -0.05) is 24.6 Å². The smallest absolute Gasteiger partial charge is 0.321 e. The molecule has 1 heterocycles. The Morgan fingerprint density at radius 1 is 1.31 bits per heavy atom. The van der Waals surface area contributed by atoms with Crippen LogP contribution in [0.5, 0.6) is 0 Å². The number of carbonyl (C=O) groups is 2. The Hall–Kier alpha value is -2.74. The van der Waals surface area contributed by atoms with Crippen LogP contribution in [-0.4, -0.2) is 44.8 Å². The van der Waals surface area contributed by atoms with Crippen LogP contribution in [0.3, 0.4) is 0 Å². The van der Waals surface area contributed by atoms with Gasteiger partial charge in [-0.05, 0) is 49.8 Å². The molecule has 0 fully saturated rings. The van der Waals surface area contributed by atoms with Crippen molar-refractivity contribution in [1.29, 1.82) is 5.26 Å². The zero-order valence-electron chi connectivity index (χ0n) is 18.2. The van der Waals surface area contributed by atoms with Crippen LogP contribution in [0.25, 0.3) is 0 Å². The van der Waals surface area contributed by atoms with Gasteiger partial charge in [-0.2, -0.15) is 9.57 Å². The largest absolute Gasteiger partial charge is 0.455 e. The van der Waals surface area contributed by atoms with Crippen LogP contribution in [0.2, 0.25) is 0 Å². The van der Waals surface area contributed by atoms with Gasteiger partial charge in [0, 0.05) is 11.9 Å². The highest BCUT2D eigenvalue weighted by atomic mass is 32.2. The molecule has 2 aromatic rings. The second kappa shape index (κ2) is 9.81. The molecule has 0 saturated carbocycles. The lowest BCUT2D eigenvalue weighted by Crippen LogP contribution is -2.34. The number of nitriles is 1. The third-order valence-electron chi connectivity index (χ3n) is 5.32. The minimum Gasteiger partial charge on any atom is -0.455 e. The normalized spacial score (nSPS) is 15.7. The molecule has 1 aliphatic rings. The third kappa shape index (κ3) is 5.35. The van der Waals surface area contributed by atoms with Gasteiger partial charge in [0.05, 0.1) is 10.5 Å². The fraction of sp³-hybridized carbons (Fsp3) is 0.409. The number of amides is 1. The number of ether oxygens (including phenoxy) is 1. The molecule has 1 N–H and O–H groups in total. The predicted molar refractivity (Wildman–Crippen MR) is 121 cm³/mol. The number of aryl methyl sites for hydroxylation is 1. The quantitative estimate of drug-likeness (QED) is 0.616. The Morgan fingerprint density at radius 3 is 2.66 bits per heavy atom. The highest BCUT2D eigenvalue weighted by molar-refractivity contribution is 7.89. The maximum Gasteiger partial charge on any atom is 0.321 e. The molecule has 0 bridgehead atoms. The third-order valence-corrected chi connectivity index (χ3v) is 8.31. The maximum absolute atomic E-state index is 12.6. The number of fused-ring (bicyclic) bond motifs is 1. The topological polar surface area (TPSA) is 117 Å². The first-order valence-electron chi connectivity index (χ1n) is 10.1. The van der Waals surface area contributed by atoms with E-state index in [1.807, 2.05) is 6.92 Å². The summed E-state index contributed by atoms with van der Waals surface area (Å²) in [4.78, 5) is 25.6. The van der Waals surface area contributed by atoms with E-state index in [0.29, 0.717) is 16.5 Å². The van der Waals surface area contributed by atoms with Crippen molar-refractivity contribution in [2.24, 2.45) is 5.92 Å². The van der Waals surface area contributed by atoms with Crippen molar-refractivity contribution in [3.05, 3.63) is 45.8 Å². The zero-order chi connectivity index (χ0) is 23.5. The summed E-state index contributed by atoms with van der Waals surface area (Å²) >= 11 is 1.38. The first-order chi connectivity index (χ1) is 15.1. The number of carbonyl (C=O) groups excluding carboxylic acids is 2.